The number of nitrogens with one attached hydrogen (secondary N) is 1. The van der Waals surface area contributed by atoms with Gasteiger partial charge in [-0.25, -0.2) is 4.68 Å². The molecule has 8 nitrogen and oxygen atoms in total. The van der Waals surface area contributed by atoms with Gasteiger partial charge in [-0.15, -0.1) is 5.10 Å². The molecule has 0 bridgehead atoms. The molecule has 0 spiro atoms. The van der Waals surface area contributed by atoms with Crippen molar-refractivity contribution in [1.29, 1.82) is 0 Å². The van der Waals surface area contributed by atoms with Gasteiger partial charge in [0.1, 0.15) is 6.61 Å². The van der Waals surface area contributed by atoms with Crippen LogP contribution < -0.4 is 10.1 Å². The second kappa shape index (κ2) is 11.9. The number of aromatic nitrogens is 3. The molecule has 34 heavy (non-hydrogen) atoms. The van der Waals surface area contributed by atoms with E-state index in [0.29, 0.717) is 35.6 Å². The van der Waals surface area contributed by atoms with E-state index < -0.39 is 6.10 Å². The zero-order valence-corrected chi connectivity index (χ0v) is 21.2. The predicted octanol–water partition coefficient (Wildman–Crippen LogP) is 4.85. The highest BCUT2D eigenvalue weighted by atomic mass is 35.5. The van der Waals surface area contributed by atoms with Crippen LogP contribution in [0.3, 0.4) is 0 Å². The van der Waals surface area contributed by atoms with Crippen LogP contribution in [0.1, 0.15) is 20.8 Å². The van der Waals surface area contributed by atoms with Crippen molar-refractivity contribution < 1.29 is 19.3 Å². The zero-order valence-electron chi connectivity index (χ0n) is 19.7. The molecule has 0 aliphatic rings. The third kappa shape index (κ3) is 7.58. The molecule has 1 unspecified atom stereocenters. The summed E-state index contributed by atoms with van der Waals surface area (Å²) < 4.78 is 17.9. The molecule has 3 rings (SSSR count). The number of methoxy groups -OCH3 is 1. The molecule has 184 valence electrons. The van der Waals surface area contributed by atoms with E-state index in [0.717, 1.165) is 16.9 Å². The lowest BCUT2D eigenvalue weighted by molar-refractivity contribution is -0.0449. The van der Waals surface area contributed by atoms with Crippen LogP contribution in [-0.4, -0.2) is 65.1 Å². The quantitative estimate of drug-likeness (QED) is 0.357. The fraction of sp³-hybridized carbons (Fsp3) is 0.417. The van der Waals surface area contributed by atoms with E-state index in [1.807, 2.05) is 51.1 Å². The van der Waals surface area contributed by atoms with Crippen molar-refractivity contribution in [3.05, 3.63) is 52.5 Å². The Morgan fingerprint density at radius 3 is 2.44 bits per heavy atom. The second-order valence-electron chi connectivity index (χ2n) is 8.60. The zero-order chi connectivity index (χ0) is 24.7. The van der Waals surface area contributed by atoms with Crippen molar-refractivity contribution >= 4 is 28.9 Å². The van der Waals surface area contributed by atoms with Crippen molar-refractivity contribution in [2.45, 2.75) is 32.5 Å². The molecule has 0 amide bonds. The molecule has 0 aliphatic carbocycles. The van der Waals surface area contributed by atoms with E-state index in [9.17, 15) is 5.11 Å². The summed E-state index contributed by atoms with van der Waals surface area (Å²) in [5.74, 6) is 0.557. The first kappa shape index (κ1) is 26.2. The fourth-order valence-electron chi connectivity index (χ4n) is 2.93. The van der Waals surface area contributed by atoms with Crippen LogP contribution in [0.5, 0.6) is 6.01 Å². The number of hydrogen-bond acceptors (Lipinski definition) is 7. The number of aliphatic hydroxyl groups excluding tert-OH is 1. The van der Waals surface area contributed by atoms with Crippen LogP contribution in [0.2, 0.25) is 10.0 Å². The van der Waals surface area contributed by atoms with Gasteiger partial charge in [0, 0.05) is 24.9 Å². The van der Waals surface area contributed by atoms with E-state index >= 15 is 0 Å². The topological polar surface area (TPSA) is 90.7 Å². The Labute approximate surface area is 209 Å². The minimum atomic E-state index is -0.623. The fourth-order valence-corrected chi connectivity index (χ4v) is 3.23. The van der Waals surface area contributed by atoms with Gasteiger partial charge >= 0.3 is 6.01 Å². The number of hydrogen-bond donors (Lipinski definition) is 2. The minimum Gasteiger partial charge on any atom is -0.460 e. The predicted molar refractivity (Wildman–Crippen MR) is 134 cm³/mol. The standard InChI is InChI=1S/C24H30Cl2N4O4/c1-24(2,3)34-15-19(31)14-27-17-6-8-18(9-7-17)30-22(16-5-10-20(25)21(26)13-16)28-23(29-30)33-12-11-32-4/h5-10,13,19,27,31H,11-12,14-15H2,1-4H3. The molecule has 1 atom stereocenters. The van der Waals surface area contributed by atoms with Crippen LogP contribution in [0, 0.1) is 0 Å². The van der Waals surface area contributed by atoms with Crippen LogP contribution in [0.15, 0.2) is 42.5 Å². The molecule has 0 saturated carbocycles. The maximum Gasteiger partial charge on any atom is 0.336 e. The summed E-state index contributed by atoms with van der Waals surface area (Å²) in [7, 11) is 1.60. The van der Waals surface area contributed by atoms with Crippen LogP contribution >= 0.6 is 23.2 Å². The van der Waals surface area contributed by atoms with Gasteiger partial charge in [0.05, 0.1) is 40.7 Å². The van der Waals surface area contributed by atoms with E-state index in [-0.39, 0.29) is 18.2 Å². The first-order chi connectivity index (χ1) is 16.2. The molecule has 0 radical (unpaired) electrons. The van der Waals surface area contributed by atoms with Gasteiger partial charge in [-0.05, 0) is 63.2 Å². The van der Waals surface area contributed by atoms with Gasteiger partial charge in [0.2, 0.25) is 0 Å². The smallest absolute Gasteiger partial charge is 0.336 e. The van der Waals surface area contributed by atoms with Crippen molar-refractivity contribution in [1.82, 2.24) is 14.8 Å². The lowest BCUT2D eigenvalue weighted by Gasteiger charge is -2.22. The van der Waals surface area contributed by atoms with Crippen molar-refractivity contribution in [3.63, 3.8) is 0 Å². The normalized spacial score (nSPS) is 12.6. The van der Waals surface area contributed by atoms with E-state index in [2.05, 4.69) is 15.4 Å². The average molecular weight is 509 g/mol. The lowest BCUT2D eigenvalue weighted by Crippen LogP contribution is -2.30. The summed E-state index contributed by atoms with van der Waals surface area (Å²) in [6.45, 7) is 7.23. The van der Waals surface area contributed by atoms with Crippen LogP contribution in [0.25, 0.3) is 17.1 Å². The number of aliphatic hydroxyl groups is 1. The number of nitrogens with zero attached hydrogens (tertiary/aromatic N) is 3. The maximum absolute atomic E-state index is 10.1. The van der Waals surface area contributed by atoms with Gasteiger partial charge in [-0.1, -0.05) is 23.2 Å². The third-order valence-corrected chi connectivity index (χ3v) is 5.39. The Hall–Kier alpha value is -2.36. The van der Waals surface area contributed by atoms with E-state index in [1.54, 1.807) is 23.9 Å². The van der Waals surface area contributed by atoms with Crippen molar-refractivity contribution in [2.75, 3.05) is 38.8 Å². The van der Waals surface area contributed by atoms with Gasteiger partial charge in [0.25, 0.3) is 0 Å². The number of rotatable bonds is 11. The maximum atomic E-state index is 10.1. The minimum absolute atomic E-state index is 0.224. The largest absolute Gasteiger partial charge is 0.460 e. The van der Waals surface area contributed by atoms with Crippen molar-refractivity contribution in [3.8, 4) is 23.1 Å². The lowest BCUT2D eigenvalue weighted by atomic mass is 10.2. The summed E-state index contributed by atoms with van der Waals surface area (Å²) in [4.78, 5) is 4.53. The Balaban J connectivity index is 1.77. The van der Waals surface area contributed by atoms with E-state index in [4.69, 9.17) is 37.4 Å². The Morgan fingerprint density at radius 1 is 1.06 bits per heavy atom. The summed E-state index contributed by atoms with van der Waals surface area (Å²) in [5.41, 5.74) is 2.08. The molecule has 2 N–H and O–H groups in total. The number of halogens is 2. The summed E-state index contributed by atoms with van der Waals surface area (Å²) in [5, 5.41) is 18.7. The first-order valence-corrected chi connectivity index (χ1v) is 11.6. The number of anilines is 1. The molecule has 1 aromatic heterocycles. The Bertz CT molecular complexity index is 1070. The number of benzene rings is 2. The van der Waals surface area contributed by atoms with Gasteiger partial charge in [-0.2, -0.15) is 4.98 Å². The molecule has 2 aromatic carbocycles. The Kier molecular flexibility index (Phi) is 9.16. The molecule has 0 fully saturated rings. The number of ether oxygens (including phenoxy) is 3. The van der Waals surface area contributed by atoms with Gasteiger partial charge in [0.15, 0.2) is 5.82 Å². The second-order valence-corrected chi connectivity index (χ2v) is 9.42. The summed E-state index contributed by atoms with van der Waals surface area (Å²) >= 11 is 12.3. The highest BCUT2D eigenvalue weighted by Gasteiger charge is 2.17. The summed E-state index contributed by atoms with van der Waals surface area (Å²) in [6, 6.07) is 13.1. The van der Waals surface area contributed by atoms with Gasteiger partial charge in [-0.3, -0.25) is 0 Å². The van der Waals surface area contributed by atoms with Crippen LogP contribution in [0.4, 0.5) is 5.69 Å². The van der Waals surface area contributed by atoms with Crippen LogP contribution in [-0.2, 0) is 9.47 Å². The monoisotopic (exact) mass is 508 g/mol. The highest BCUT2D eigenvalue weighted by molar-refractivity contribution is 6.42. The summed E-state index contributed by atoms with van der Waals surface area (Å²) in [6.07, 6.45) is -0.623. The van der Waals surface area contributed by atoms with E-state index in [1.165, 1.54) is 0 Å². The molecular weight excluding hydrogens is 479 g/mol. The molecule has 10 heteroatoms. The van der Waals surface area contributed by atoms with Crippen molar-refractivity contribution in [2.24, 2.45) is 0 Å². The molecule has 3 aromatic rings. The highest BCUT2D eigenvalue weighted by Crippen LogP contribution is 2.30. The van der Waals surface area contributed by atoms with Gasteiger partial charge < -0.3 is 24.6 Å². The SMILES string of the molecule is COCCOc1nc(-c2ccc(Cl)c(Cl)c2)n(-c2ccc(NCC(O)COC(C)(C)C)cc2)n1. The first-order valence-electron chi connectivity index (χ1n) is 10.9. The molecule has 1 heterocycles. The average Bonchev–Trinajstić information content (AvgIpc) is 3.22. The molecular formula is C24H30Cl2N4O4. The third-order valence-electron chi connectivity index (χ3n) is 4.65. The Morgan fingerprint density at radius 2 is 1.79 bits per heavy atom. The molecule has 0 saturated heterocycles. The molecule has 0 aliphatic heterocycles.